The smallest absolute Gasteiger partial charge is 0.416 e. The number of rotatable bonds is 4. The van der Waals surface area contributed by atoms with Gasteiger partial charge in [0.05, 0.1) is 5.56 Å². The largest absolute Gasteiger partial charge is 0.422 e. The average Bonchev–Trinajstić information content (AvgIpc) is 3.15. The predicted molar refractivity (Wildman–Crippen MR) is 107 cm³/mol. The maximum atomic E-state index is 13.3. The fourth-order valence-corrected chi connectivity index (χ4v) is 3.49. The summed E-state index contributed by atoms with van der Waals surface area (Å²) in [4.78, 5) is 40.2. The summed E-state index contributed by atoms with van der Waals surface area (Å²) < 4.78 is 44.9. The fourth-order valence-electron chi connectivity index (χ4n) is 3.49. The van der Waals surface area contributed by atoms with Gasteiger partial charge in [-0.15, -0.1) is 0 Å². The molecule has 6 nitrogen and oxygen atoms in total. The van der Waals surface area contributed by atoms with Gasteiger partial charge in [-0.3, -0.25) is 14.5 Å². The Morgan fingerprint density at radius 2 is 1.84 bits per heavy atom. The quantitative estimate of drug-likeness (QED) is 0.586. The van der Waals surface area contributed by atoms with E-state index in [4.69, 9.17) is 4.42 Å². The summed E-state index contributed by atoms with van der Waals surface area (Å²) in [5.74, 6) is -1.06. The van der Waals surface area contributed by atoms with Crippen molar-refractivity contribution in [3.05, 3.63) is 76.1 Å². The molecule has 31 heavy (non-hydrogen) atoms. The monoisotopic (exact) mass is 430 g/mol. The van der Waals surface area contributed by atoms with Crippen LogP contribution in [0.5, 0.6) is 0 Å². The number of carbonyl (C=O) groups is 2. The lowest BCUT2D eigenvalue weighted by Crippen LogP contribution is -2.43. The maximum absolute atomic E-state index is 13.3. The summed E-state index contributed by atoms with van der Waals surface area (Å²) in [5.41, 5.74) is -1.98. The number of fused-ring (bicyclic) bond motifs is 1. The van der Waals surface area contributed by atoms with Crippen LogP contribution in [0.25, 0.3) is 11.0 Å². The number of amides is 2. The van der Waals surface area contributed by atoms with Crippen LogP contribution in [0.15, 0.2) is 63.8 Å². The van der Waals surface area contributed by atoms with Gasteiger partial charge >= 0.3 is 11.8 Å². The third kappa shape index (κ3) is 4.16. The van der Waals surface area contributed by atoms with Crippen molar-refractivity contribution in [3.8, 4) is 0 Å². The Bertz CT molecular complexity index is 1220. The highest BCUT2D eigenvalue weighted by Gasteiger charge is 2.33. The van der Waals surface area contributed by atoms with Crippen molar-refractivity contribution < 1.29 is 27.2 Å². The molecule has 2 amide bonds. The summed E-state index contributed by atoms with van der Waals surface area (Å²) in [7, 11) is 0. The van der Waals surface area contributed by atoms with Crippen LogP contribution in [0.2, 0.25) is 0 Å². The van der Waals surface area contributed by atoms with E-state index in [0.29, 0.717) is 24.8 Å². The Labute approximate surface area is 174 Å². The molecule has 0 N–H and O–H groups in total. The van der Waals surface area contributed by atoms with Gasteiger partial charge in [0.2, 0.25) is 5.91 Å². The molecule has 0 unspecified atom stereocenters. The van der Waals surface area contributed by atoms with Crippen LogP contribution in [0.1, 0.15) is 28.8 Å². The zero-order valence-corrected chi connectivity index (χ0v) is 16.2. The number of anilines is 1. The van der Waals surface area contributed by atoms with E-state index in [1.165, 1.54) is 23.1 Å². The lowest BCUT2D eigenvalue weighted by Gasteiger charge is -2.28. The minimum atomic E-state index is -4.61. The zero-order chi connectivity index (χ0) is 22.2. The highest BCUT2D eigenvalue weighted by Crippen LogP contribution is 2.32. The highest BCUT2D eigenvalue weighted by molar-refractivity contribution is 6.07. The van der Waals surface area contributed by atoms with Gasteiger partial charge in [0, 0.05) is 24.0 Å². The maximum Gasteiger partial charge on any atom is 0.416 e. The Kier molecular flexibility index (Phi) is 5.26. The van der Waals surface area contributed by atoms with Crippen molar-refractivity contribution in [1.29, 1.82) is 0 Å². The Balaban J connectivity index is 1.79. The zero-order valence-electron chi connectivity index (χ0n) is 16.2. The Hall–Kier alpha value is -3.62. The average molecular weight is 430 g/mol. The number of alkyl halides is 3. The van der Waals surface area contributed by atoms with Crippen molar-refractivity contribution in [2.45, 2.75) is 19.0 Å². The fraction of sp³-hybridized carbons (Fsp3) is 0.227. The van der Waals surface area contributed by atoms with Crippen LogP contribution in [-0.4, -0.2) is 29.9 Å². The van der Waals surface area contributed by atoms with E-state index >= 15 is 0 Å². The first-order valence-corrected chi connectivity index (χ1v) is 9.54. The van der Waals surface area contributed by atoms with Crippen molar-refractivity contribution in [2.75, 3.05) is 18.1 Å². The normalized spacial score (nSPS) is 14.3. The van der Waals surface area contributed by atoms with E-state index in [2.05, 4.69) is 0 Å². The van der Waals surface area contributed by atoms with Gasteiger partial charge in [-0.25, -0.2) is 4.79 Å². The minimum Gasteiger partial charge on any atom is -0.422 e. The Morgan fingerprint density at radius 1 is 1.06 bits per heavy atom. The van der Waals surface area contributed by atoms with E-state index in [-0.39, 0.29) is 29.4 Å². The number of hydrogen-bond donors (Lipinski definition) is 0. The molecule has 9 heteroatoms. The van der Waals surface area contributed by atoms with Gasteiger partial charge in [0.1, 0.15) is 17.8 Å². The van der Waals surface area contributed by atoms with Crippen molar-refractivity contribution >= 4 is 28.5 Å². The number of benzene rings is 2. The molecule has 0 bridgehead atoms. The molecule has 0 atom stereocenters. The second kappa shape index (κ2) is 7.90. The number of carbonyl (C=O) groups excluding carboxylic acids is 2. The van der Waals surface area contributed by atoms with Crippen molar-refractivity contribution in [1.82, 2.24) is 4.90 Å². The first kappa shape index (κ1) is 20.6. The number of para-hydroxylation sites is 1. The molecule has 160 valence electrons. The third-order valence-corrected chi connectivity index (χ3v) is 5.09. The first-order chi connectivity index (χ1) is 14.7. The summed E-state index contributed by atoms with van der Waals surface area (Å²) >= 11 is 0. The molecule has 1 aliphatic heterocycles. The SMILES string of the molecule is O=C1CCCN1CN(C(=O)c1cc2ccccc2oc1=O)c1cccc(C(F)(F)F)c1. The van der Waals surface area contributed by atoms with E-state index in [1.54, 1.807) is 24.3 Å². The molecule has 1 saturated heterocycles. The molecule has 1 aromatic heterocycles. The van der Waals surface area contributed by atoms with Gasteiger partial charge in [-0.2, -0.15) is 13.2 Å². The number of likely N-dealkylation sites (tertiary alicyclic amines) is 1. The summed E-state index contributed by atoms with van der Waals surface area (Å²) in [6, 6.07) is 12.1. The van der Waals surface area contributed by atoms with E-state index in [0.717, 1.165) is 17.0 Å². The number of nitrogens with zero attached hydrogens (tertiary/aromatic N) is 2. The lowest BCUT2D eigenvalue weighted by molar-refractivity contribution is -0.137. The topological polar surface area (TPSA) is 70.8 Å². The second-order valence-corrected chi connectivity index (χ2v) is 7.17. The van der Waals surface area contributed by atoms with Crippen molar-refractivity contribution in [2.24, 2.45) is 0 Å². The van der Waals surface area contributed by atoms with Gasteiger partial charge in [0.15, 0.2) is 0 Å². The molecule has 1 aliphatic rings. The molecule has 2 heterocycles. The van der Waals surface area contributed by atoms with Gasteiger partial charge < -0.3 is 9.32 Å². The molecule has 4 rings (SSSR count). The molecule has 3 aromatic rings. The molecule has 2 aromatic carbocycles. The third-order valence-electron chi connectivity index (χ3n) is 5.09. The first-order valence-electron chi connectivity index (χ1n) is 9.54. The van der Waals surface area contributed by atoms with E-state index in [1.807, 2.05) is 0 Å². The van der Waals surface area contributed by atoms with E-state index in [9.17, 15) is 27.6 Å². The van der Waals surface area contributed by atoms with Crippen LogP contribution in [0.4, 0.5) is 18.9 Å². The molecule has 0 radical (unpaired) electrons. The summed E-state index contributed by atoms with van der Waals surface area (Å²) in [6.07, 6.45) is -3.74. The molecular weight excluding hydrogens is 413 g/mol. The number of halogens is 3. The Morgan fingerprint density at radius 3 is 2.55 bits per heavy atom. The van der Waals surface area contributed by atoms with E-state index < -0.39 is 23.3 Å². The standard InChI is InChI=1S/C22H17F3N2O4/c23-22(24,25)15-6-3-7-16(12-15)27(13-26-10-4-9-19(26)28)20(29)17-11-14-5-1-2-8-18(14)31-21(17)30/h1-3,5-8,11-12H,4,9-10,13H2. The molecule has 0 spiro atoms. The molecular formula is C22H17F3N2O4. The van der Waals surface area contributed by atoms with Crippen LogP contribution in [-0.2, 0) is 11.0 Å². The predicted octanol–water partition coefficient (Wildman–Crippen LogP) is 4.04. The molecule has 0 saturated carbocycles. The summed E-state index contributed by atoms with van der Waals surface area (Å²) in [6.45, 7) is 0.0964. The highest BCUT2D eigenvalue weighted by atomic mass is 19.4. The molecule has 0 aliphatic carbocycles. The lowest BCUT2D eigenvalue weighted by atomic mass is 10.1. The summed E-state index contributed by atoms with van der Waals surface area (Å²) in [5, 5.41) is 0.492. The van der Waals surface area contributed by atoms with Crippen LogP contribution in [0.3, 0.4) is 0 Å². The van der Waals surface area contributed by atoms with Gasteiger partial charge in [0.25, 0.3) is 5.91 Å². The minimum absolute atomic E-state index is 0.0768. The van der Waals surface area contributed by atoms with Crippen molar-refractivity contribution in [3.63, 3.8) is 0 Å². The van der Waals surface area contributed by atoms with Crippen LogP contribution >= 0.6 is 0 Å². The van der Waals surface area contributed by atoms with Crippen LogP contribution < -0.4 is 10.5 Å². The second-order valence-electron chi connectivity index (χ2n) is 7.17. The van der Waals surface area contributed by atoms with Gasteiger partial charge in [-0.1, -0.05) is 24.3 Å². The van der Waals surface area contributed by atoms with Crippen LogP contribution in [0, 0.1) is 0 Å². The van der Waals surface area contributed by atoms with Gasteiger partial charge in [-0.05, 0) is 36.8 Å². The molecule has 1 fully saturated rings. The number of hydrogen-bond acceptors (Lipinski definition) is 4.